The van der Waals surface area contributed by atoms with Crippen LogP contribution in [0.15, 0.2) is 30.3 Å². The zero-order valence-corrected chi connectivity index (χ0v) is 11.5. The quantitative estimate of drug-likeness (QED) is 0.793. The van der Waals surface area contributed by atoms with E-state index in [4.69, 9.17) is 21.1 Å². The van der Waals surface area contributed by atoms with Gasteiger partial charge in [0.15, 0.2) is 23.4 Å². The minimum absolute atomic E-state index is 0.305. The molecule has 0 amide bonds. The largest absolute Gasteiger partial charge is 0.485 e. The number of aromatic nitrogens is 2. The summed E-state index contributed by atoms with van der Waals surface area (Å²) in [6, 6.07) is 9.46. The van der Waals surface area contributed by atoms with Crippen molar-refractivity contribution in [3.63, 3.8) is 0 Å². The van der Waals surface area contributed by atoms with Crippen LogP contribution in [0.25, 0.3) is 0 Å². The third-order valence-corrected chi connectivity index (χ3v) is 3.72. The van der Waals surface area contributed by atoms with Gasteiger partial charge in [-0.25, -0.2) is 9.97 Å². The summed E-state index contributed by atoms with van der Waals surface area (Å²) in [5.41, 5.74) is 1.02. The number of hydrogen-bond acceptors (Lipinski definition) is 4. The molecule has 1 aromatic heterocycles. The molecule has 2 heterocycles. The first kappa shape index (κ1) is 12.0. The Labute approximate surface area is 121 Å². The van der Waals surface area contributed by atoms with Gasteiger partial charge in [-0.3, -0.25) is 0 Å². The molecule has 1 saturated carbocycles. The van der Waals surface area contributed by atoms with E-state index in [0.717, 1.165) is 17.2 Å². The fourth-order valence-corrected chi connectivity index (χ4v) is 2.53. The number of halogens is 1. The van der Waals surface area contributed by atoms with Crippen molar-refractivity contribution in [1.82, 2.24) is 9.97 Å². The summed E-state index contributed by atoms with van der Waals surface area (Å²) >= 11 is 6.09. The summed E-state index contributed by atoms with van der Waals surface area (Å²) in [4.78, 5) is 8.88. The van der Waals surface area contributed by atoms with Gasteiger partial charge in [-0.15, -0.1) is 0 Å². The molecule has 102 valence electrons. The Morgan fingerprint density at radius 3 is 2.70 bits per heavy atom. The van der Waals surface area contributed by atoms with E-state index in [-0.39, 0.29) is 6.10 Å². The van der Waals surface area contributed by atoms with Crippen molar-refractivity contribution in [2.75, 3.05) is 6.61 Å². The second-order valence-electron chi connectivity index (χ2n) is 5.11. The molecular formula is C15H13ClN2O2. The monoisotopic (exact) mass is 288 g/mol. The van der Waals surface area contributed by atoms with Gasteiger partial charge in [-0.05, 0) is 31.0 Å². The maximum absolute atomic E-state index is 6.09. The summed E-state index contributed by atoms with van der Waals surface area (Å²) in [6.07, 6.45) is 2.05. The molecule has 0 N–H and O–H groups in total. The predicted octanol–water partition coefficient (Wildman–Crippen LogP) is 3.52. The normalized spacial score (nSPS) is 20.8. The average Bonchev–Trinajstić information content (AvgIpc) is 3.31. The first-order valence-electron chi connectivity index (χ1n) is 6.72. The van der Waals surface area contributed by atoms with Crippen LogP contribution < -0.4 is 9.47 Å². The second kappa shape index (κ2) is 4.63. The molecule has 1 atom stereocenters. The van der Waals surface area contributed by atoms with Gasteiger partial charge in [0, 0.05) is 11.6 Å². The van der Waals surface area contributed by atoms with Crippen LogP contribution in [-0.2, 0) is 0 Å². The number of benzene rings is 1. The summed E-state index contributed by atoms with van der Waals surface area (Å²) in [6.45, 7) is 0.404. The van der Waals surface area contributed by atoms with E-state index in [1.165, 1.54) is 12.8 Å². The lowest BCUT2D eigenvalue weighted by molar-refractivity contribution is 0.0849. The first-order valence-corrected chi connectivity index (χ1v) is 7.10. The minimum Gasteiger partial charge on any atom is -0.485 e. The molecular weight excluding hydrogens is 276 g/mol. The molecule has 4 nitrogen and oxygen atoms in total. The number of hydrogen-bond donors (Lipinski definition) is 0. The third kappa shape index (κ3) is 2.20. The van der Waals surface area contributed by atoms with E-state index in [0.29, 0.717) is 23.5 Å². The van der Waals surface area contributed by atoms with Crippen LogP contribution in [-0.4, -0.2) is 16.6 Å². The van der Waals surface area contributed by atoms with Gasteiger partial charge in [0.2, 0.25) is 0 Å². The van der Waals surface area contributed by atoms with Gasteiger partial charge < -0.3 is 9.47 Å². The molecule has 1 aliphatic carbocycles. The van der Waals surface area contributed by atoms with Crippen molar-refractivity contribution in [2.24, 2.45) is 0 Å². The van der Waals surface area contributed by atoms with Gasteiger partial charge in [0.1, 0.15) is 11.8 Å². The lowest BCUT2D eigenvalue weighted by Crippen LogP contribution is -2.24. The van der Waals surface area contributed by atoms with Crippen molar-refractivity contribution in [3.05, 3.63) is 47.0 Å². The fraction of sp³-hybridized carbons (Fsp3) is 0.333. The SMILES string of the molecule is Clc1cc(C2CC2)nc(C2COc3ccccc3O2)n1. The van der Waals surface area contributed by atoms with Crippen LogP contribution in [0.5, 0.6) is 11.5 Å². The van der Waals surface area contributed by atoms with Gasteiger partial charge in [0.05, 0.1) is 0 Å². The van der Waals surface area contributed by atoms with Gasteiger partial charge in [0.25, 0.3) is 0 Å². The van der Waals surface area contributed by atoms with Crippen LogP contribution in [0.2, 0.25) is 5.15 Å². The standard InChI is InChI=1S/C15H13ClN2O2/c16-14-7-10(9-5-6-9)17-15(18-14)13-8-19-11-3-1-2-4-12(11)20-13/h1-4,7,9,13H,5-6,8H2. The highest BCUT2D eigenvalue weighted by Gasteiger charge is 2.29. The Morgan fingerprint density at radius 1 is 1.10 bits per heavy atom. The molecule has 2 aliphatic rings. The summed E-state index contributed by atoms with van der Waals surface area (Å²) in [5.74, 6) is 2.62. The molecule has 1 unspecified atom stereocenters. The predicted molar refractivity (Wildman–Crippen MR) is 74.3 cm³/mol. The van der Waals surface area contributed by atoms with Gasteiger partial charge in [-0.2, -0.15) is 0 Å². The van der Waals surface area contributed by atoms with E-state index in [2.05, 4.69) is 9.97 Å². The van der Waals surface area contributed by atoms with Crippen LogP contribution in [0.1, 0.15) is 36.4 Å². The molecule has 20 heavy (non-hydrogen) atoms. The number of fused-ring (bicyclic) bond motifs is 1. The maximum Gasteiger partial charge on any atom is 0.192 e. The molecule has 4 rings (SSSR count). The van der Waals surface area contributed by atoms with Crippen LogP contribution in [0, 0.1) is 0 Å². The Balaban J connectivity index is 1.65. The number of para-hydroxylation sites is 2. The lowest BCUT2D eigenvalue weighted by atomic mass is 10.2. The highest BCUT2D eigenvalue weighted by Crippen LogP contribution is 2.40. The summed E-state index contributed by atoms with van der Waals surface area (Å²) in [5, 5.41) is 0.472. The van der Waals surface area contributed by atoms with Crippen LogP contribution in [0.3, 0.4) is 0 Å². The lowest BCUT2D eigenvalue weighted by Gasteiger charge is -2.25. The molecule has 5 heteroatoms. The first-order chi connectivity index (χ1) is 9.79. The molecule has 0 bridgehead atoms. The summed E-state index contributed by atoms with van der Waals surface area (Å²) < 4.78 is 11.6. The second-order valence-corrected chi connectivity index (χ2v) is 5.50. The van der Waals surface area contributed by atoms with Crippen molar-refractivity contribution >= 4 is 11.6 Å². The number of rotatable bonds is 2. The Morgan fingerprint density at radius 2 is 1.90 bits per heavy atom. The molecule has 0 radical (unpaired) electrons. The fourth-order valence-electron chi connectivity index (χ4n) is 2.33. The topological polar surface area (TPSA) is 44.2 Å². The van der Waals surface area contributed by atoms with Crippen molar-refractivity contribution < 1.29 is 9.47 Å². The van der Waals surface area contributed by atoms with Crippen LogP contribution >= 0.6 is 11.6 Å². The zero-order valence-electron chi connectivity index (χ0n) is 10.8. The Kier molecular flexibility index (Phi) is 2.77. The Hall–Kier alpha value is -1.81. The van der Waals surface area contributed by atoms with Crippen molar-refractivity contribution in [2.45, 2.75) is 24.9 Å². The van der Waals surface area contributed by atoms with E-state index in [1.807, 2.05) is 30.3 Å². The molecule has 0 spiro atoms. The molecule has 2 aromatic rings. The van der Waals surface area contributed by atoms with E-state index < -0.39 is 0 Å². The maximum atomic E-state index is 6.09. The van der Waals surface area contributed by atoms with Gasteiger partial charge >= 0.3 is 0 Å². The van der Waals surface area contributed by atoms with E-state index >= 15 is 0 Å². The van der Waals surface area contributed by atoms with E-state index in [1.54, 1.807) is 0 Å². The Bertz CT molecular complexity index is 658. The number of nitrogens with zero attached hydrogens (tertiary/aromatic N) is 2. The van der Waals surface area contributed by atoms with Gasteiger partial charge in [-0.1, -0.05) is 23.7 Å². The smallest absolute Gasteiger partial charge is 0.192 e. The molecule has 0 saturated heterocycles. The molecule has 1 fully saturated rings. The van der Waals surface area contributed by atoms with Crippen LogP contribution in [0.4, 0.5) is 0 Å². The van der Waals surface area contributed by atoms with E-state index in [9.17, 15) is 0 Å². The average molecular weight is 289 g/mol. The summed E-state index contributed by atoms with van der Waals surface area (Å²) in [7, 11) is 0. The van der Waals surface area contributed by atoms with Crippen molar-refractivity contribution in [3.8, 4) is 11.5 Å². The highest BCUT2D eigenvalue weighted by molar-refractivity contribution is 6.29. The van der Waals surface area contributed by atoms with Crippen molar-refractivity contribution in [1.29, 1.82) is 0 Å². The highest BCUT2D eigenvalue weighted by atomic mass is 35.5. The molecule has 1 aliphatic heterocycles. The number of ether oxygens (including phenoxy) is 2. The molecule has 1 aromatic carbocycles. The minimum atomic E-state index is -0.305. The zero-order chi connectivity index (χ0) is 13.5. The third-order valence-electron chi connectivity index (χ3n) is 3.52.